The summed E-state index contributed by atoms with van der Waals surface area (Å²) in [5.74, 6) is 0. The lowest BCUT2D eigenvalue weighted by Gasteiger charge is -2.05. The van der Waals surface area contributed by atoms with E-state index in [2.05, 4.69) is 9.97 Å². The van der Waals surface area contributed by atoms with E-state index in [0.29, 0.717) is 16.3 Å². The number of aliphatic hydroxyl groups excluding tert-OH is 1. The van der Waals surface area contributed by atoms with Crippen LogP contribution in [-0.4, -0.2) is 15.1 Å². The average molecular weight is 294 g/mol. The molecule has 1 unspecified atom stereocenters. The third-order valence-electron chi connectivity index (χ3n) is 2.13. The van der Waals surface area contributed by atoms with E-state index in [1.807, 2.05) is 12.3 Å². The van der Waals surface area contributed by atoms with E-state index >= 15 is 0 Å². The third kappa shape index (κ3) is 3.06. The minimum absolute atomic E-state index is 0.204. The summed E-state index contributed by atoms with van der Waals surface area (Å²) in [5, 5.41) is 11.4. The van der Waals surface area contributed by atoms with Gasteiger partial charge in [-0.3, -0.25) is 0 Å². The van der Waals surface area contributed by atoms with Crippen molar-refractivity contribution in [2.45, 2.75) is 25.6 Å². The number of hydrogen-bond donors (Lipinski definition) is 1. The maximum Gasteiger partial charge on any atom is 0.443 e. The van der Waals surface area contributed by atoms with Gasteiger partial charge < -0.3 is 5.11 Å². The molecular formula is C10H9F3N2OS2. The molecule has 2 aromatic heterocycles. The first-order chi connectivity index (χ1) is 8.36. The number of hydrogen-bond acceptors (Lipinski definition) is 5. The highest BCUT2D eigenvalue weighted by atomic mass is 32.1. The first kappa shape index (κ1) is 13.4. The van der Waals surface area contributed by atoms with Crippen molar-refractivity contribution < 1.29 is 18.3 Å². The number of thiazole rings is 2. The Morgan fingerprint density at radius 3 is 2.67 bits per heavy atom. The standard InChI is InChI=1S/C10H9F3N2OS2/c1-5-4-17-8(15-5)2-6(16)7-3-14-9(18-7)10(11,12)13/h3-4,6,16H,2H2,1H3. The minimum atomic E-state index is -4.46. The Bertz CT molecular complexity index is 535. The van der Waals surface area contributed by atoms with Crippen molar-refractivity contribution in [3.05, 3.63) is 32.2 Å². The predicted octanol–water partition coefficient (Wildman–Crippen LogP) is 3.20. The maximum atomic E-state index is 12.4. The molecule has 18 heavy (non-hydrogen) atoms. The summed E-state index contributed by atoms with van der Waals surface area (Å²) in [6, 6.07) is 0. The van der Waals surface area contributed by atoms with Gasteiger partial charge in [0.25, 0.3) is 0 Å². The predicted molar refractivity (Wildman–Crippen MR) is 62.6 cm³/mol. The van der Waals surface area contributed by atoms with Crippen molar-refractivity contribution >= 4 is 22.7 Å². The molecule has 3 nitrogen and oxygen atoms in total. The zero-order chi connectivity index (χ0) is 13.3. The second-order valence-electron chi connectivity index (χ2n) is 3.67. The lowest BCUT2D eigenvalue weighted by molar-refractivity contribution is -0.137. The molecule has 0 aliphatic rings. The summed E-state index contributed by atoms with van der Waals surface area (Å²) in [7, 11) is 0. The van der Waals surface area contributed by atoms with E-state index in [1.165, 1.54) is 11.3 Å². The smallest absolute Gasteiger partial charge is 0.387 e. The van der Waals surface area contributed by atoms with Crippen LogP contribution in [0, 0.1) is 6.92 Å². The molecule has 8 heteroatoms. The van der Waals surface area contributed by atoms with Crippen LogP contribution in [0.3, 0.4) is 0 Å². The van der Waals surface area contributed by atoms with Crippen molar-refractivity contribution in [3.63, 3.8) is 0 Å². The normalized spacial score (nSPS) is 13.8. The molecule has 2 aromatic rings. The van der Waals surface area contributed by atoms with E-state index in [1.54, 1.807) is 0 Å². The summed E-state index contributed by atoms with van der Waals surface area (Å²) in [6.07, 6.45) is -4.18. The molecule has 0 aliphatic carbocycles. The highest BCUT2D eigenvalue weighted by molar-refractivity contribution is 7.11. The number of aliphatic hydroxyl groups is 1. The SMILES string of the molecule is Cc1csc(CC(O)c2cnc(C(F)(F)F)s2)n1. The second-order valence-corrected chi connectivity index (χ2v) is 5.67. The molecule has 0 saturated carbocycles. The molecule has 1 atom stereocenters. The highest BCUT2D eigenvalue weighted by Gasteiger charge is 2.35. The monoisotopic (exact) mass is 294 g/mol. The van der Waals surface area contributed by atoms with Crippen molar-refractivity contribution in [3.8, 4) is 0 Å². The van der Waals surface area contributed by atoms with Gasteiger partial charge in [-0.1, -0.05) is 0 Å². The van der Waals surface area contributed by atoms with Crippen molar-refractivity contribution in [1.82, 2.24) is 9.97 Å². The van der Waals surface area contributed by atoms with E-state index in [-0.39, 0.29) is 11.3 Å². The number of alkyl halides is 3. The summed E-state index contributed by atoms with van der Waals surface area (Å²) < 4.78 is 37.1. The molecule has 0 radical (unpaired) electrons. The van der Waals surface area contributed by atoms with Gasteiger partial charge in [0.1, 0.15) is 0 Å². The Balaban J connectivity index is 2.09. The van der Waals surface area contributed by atoms with Gasteiger partial charge in [0.05, 0.1) is 16.0 Å². The quantitative estimate of drug-likeness (QED) is 0.945. The highest BCUT2D eigenvalue weighted by Crippen LogP contribution is 2.35. The number of halogens is 3. The fourth-order valence-electron chi connectivity index (χ4n) is 1.33. The van der Waals surface area contributed by atoms with Gasteiger partial charge in [0.15, 0.2) is 5.01 Å². The van der Waals surface area contributed by atoms with Crippen LogP contribution >= 0.6 is 22.7 Å². The summed E-state index contributed by atoms with van der Waals surface area (Å²) >= 11 is 1.84. The Morgan fingerprint density at radius 2 is 2.17 bits per heavy atom. The summed E-state index contributed by atoms with van der Waals surface area (Å²) in [6.45, 7) is 1.82. The summed E-state index contributed by atoms with van der Waals surface area (Å²) in [5.41, 5.74) is 0.836. The summed E-state index contributed by atoms with van der Waals surface area (Å²) in [4.78, 5) is 7.63. The van der Waals surface area contributed by atoms with Gasteiger partial charge >= 0.3 is 6.18 Å². The molecule has 0 spiro atoms. The molecule has 0 aromatic carbocycles. The topological polar surface area (TPSA) is 46.0 Å². The zero-order valence-corrected chi connectivity index (χ0v) is 10.9. The third-order valence-corrected chi connectivity index (χ3v) is 4.26. The number of nitrogens with zero attached hydrogens (tertiary/aromatic N) is 2. The van der Waals surface area contributed by atoms with E-state index in [4.69, 9.17) is 0 Å². The van der Waals surface area contributed by atoms with Gasteiger partial charge in [0, 0.05) is 23.7 Å². The molecule has 0 bridgehead atoms. The van der Waals surface area contributed by atoms with Crippen LogP contribution in [0.2, 0.25) is 0 Å². The van der Waals surface area contributed by atoms with Gasteiger partial charge in [-0.25, -0.2) is 9.97 Å². The van der Waals surface area contributed by atoms with Crippen LogP contribution in [0.15, 0.2) is 11.6 Å². The van der Waals surface area contributed by atoms with Crippen molar-refractivity contribution in [2.24, 2.45) is 0 Å². The fourth-order valence-corrected chi connectivity index (χ4v) is 2.91. The Morgan fingerprint density at radius 1 is 1.44 bits per heavy atom. The van der Waals surface area contributed by atoms with Gasteiger partial charge in [-0.05, 0) is 6.92 Å². The lowest BCUT2D eigenvalue weighted by Crippen LogP contribution is -2.03. The minimum Gasteiger partial charge on any atom is -0.387 e. The molecule has 0 aliphatic heterocycles. The molecular weight excluding hydrogens is 285 g/mol. The lowest BCUT2D eigenvalue weighted by atomic mass is 10.2. The Labute approximate surface area is 109 Å². The van der Waals surface area contributed by atoms with Crippen molar-refractivity contribution in [2.75, 3.05) is 0 Å². The largest absolute Gasteiger partial charge is 0.443 e. The first-order valence-electron chi connectivity index (χ1n) is 4.98. The maximum absolute atomic E-state index is 12.4. The molecule has 2 rings (SSSR count). The van der Waals surface area contributed by atoms with Crippen LogP contribution in [0.1, 0.15) is 26.7 Å². The average Bonchev–Trinajstić information content (AvgIpc) is 2.85. The first-order valence-corrected chi connectivity index (χ1v) is 6.68. The van der Waals surface area contributed by atoms with Crippen LogP contribution in [-0.2, 0) is 12.6 Å². The van der Waals surface area contributed by atoms with E-state index in [9.17, 15) is 18.3 Å². The molecule has 1 N–H and O–H groups in total. The van der Waals surface area contributed by atoms with Crippen LogP contribution in [0.25, 0.3) is 0 Å². The zero-order valence-electron chi connectivity index (χ0n) is 9.23. The van der Waals surface area contributed by atoms with E-state index < -0.39 is 17.3 Å². The molecule has 2 heterocycles. The second kappa shape index (κ2) is 4.94. The van der Waals surface area contributed by atoms with Gasteiger partial charge in [0.2, 0.25) is 0 Å². The van der Waals surface area contributed by atoms with E-state index in [0.717, 1.165) is 11.9 Å². The molecule has 98 valence electrons. The Hall–Kier alpha value is -0.990. The van der Waals surface area contributed by atoms with Crippen LogP contribution in [0.4, 0.5) is 13.2 Å². The molecule has 0 fully saturated rings. The molecule has 0 amide bonds. The fraction of sp³-hybridized carbons (Fsp3) is 0.400. The van der Waals surface area contributed by atoms with Crippen molar-refractivity contribution in [1.29, 1.82) is 0 Å². The number of aryl methyl sites for hydroxylation is 1. The molecule has 0 saturated heterocycles. The Kier molecular flexibility index (Phi) is 3.69. The van der Waals surface area contributed by atoms with Crippen LogP contribution in [0.5, 0.6) is 0 Å². The number of rotatable bonds is 3. The van der Waals surface area contributed by atoms with Crippen LogP contribution < -0.4 is 0 Å². The number of aromatic nitrogens is 2. The van der Waals surface area contributed by atoms with Gasteiger partial charge in [-0.15, -0.1) is 22.7 Å². The van der Waals surface area contributed by atoms with Gasteiger partial charge in [-0.2, -0.15) is 13.2 Å².